The highest BCUT2D eigenvalue weighted by Gasteiger charge is 2.29. The van der Waals surface area contributed by atoms with Crippen LogP contribution in [0.4, 0.5) is 0 Å². The molecule has 2 aromatic carbocycles. The van der Waals surface area contributed by atoms with Gasteiger partial charge in [0.25, 0.3) is 0 Å². The third kappa shape index (κ3) is 9.10. The first-order chi connectivity index (χ1) is 17.4. The first-order valence-electron chi connectivity index (χ1n) is 13.9. The summed E-state index contributed by atoms with van der Waals surface area (Å²) in [5.74, 6) is -0.571. The van der Waals surface area contributed by atoms with Crippen LogP contribution in [0.3, 0.4) is 0 Å². The molecule has 6 heteroatoms. The summed E-state index contributed by atoms with van der Waals surface area (Å²) in [5, 5.41) is 18.7. The Morgan fingerprint density at radius 1 is 0.833 bits per heavy atom. The first kappa shape index (κ1) is 29.0. The summed E-state index contributed by atoms with van der Waals surface area (Å²) in [6.07, 6.45) is 12.7. The largest absolute Gasteiger partial charge is 0.480 e. The third-order valence-electron chi connectivity index (χ3n) is 7.26. The zero-order valence-electron chi connectivity index (χ0n) is 22.1. The van der Waals surface area contributed by atoms with Crippen LogP contribution in [0.1, 0.15) is 84.5 Å². The van der Waals surface area contributed by atoms with Crippen molar-refractivity contribution >= 4 is 34.6 Å². The molecule has 0 heterocycles. The van der Waals surface area contributed by atoms with Crippen LogP contribution >= 0.6 is 6.19 Å². The molecule has 0 aromatic heterocycles. The van der Waals surface area contributed by atoms with Crippen molar-refractivity contribution in [3.8, 4) is 0 Å². The summed E-state index contributed by atoms with van der Waals surface area (Å²) in [5.41, 5.74) is 0. The number of carboxylic acid groups (broad SMARTS) is 1. The second-order valence-electron chi connectivity index (χ2n) is 10.8. The highest BCUT2D eigenvalue weighted by atomic mass is 32.4. The van der Waals surface area contributed by atoms with Gasteiger partial charge in [-0.25, -0.2) is 0 Å². The van der Waals surface area contributed by atoms with Gasteiger partial charge in [0.1, 0.15) is 6.04 Å². The average Bonchev–Trinajstić information content (AvgIpc) is 2.90. The van der Waals surface area contributed by atoms with Crippen molar-refractivity contribution in [2.24, 2.45) is 5.92 Å². The van der Waals surface area contributed by atoms with Gasteiger partial charge in [0.2, 0.25) is 0 Å². The summed E-state index contributed by atoms with van der Waals surface area (Å²) in [6, 6.07) is 20.7. The van der Waals surface area contributed by atoms with Crippen molar-refractivity contribution < 1.29 is 9.90 Å². The molecule has 0 amide bonds. The standard InChI is InChI=1S/C18H22NO2PS.C12H23N/c1-14(2)13-17(18(20)21)19-22(23,15-9-5-3-6-10-15)16-11-7-4-8-12-16;1-3-7-11(8-4-1)13-12-9-5-2-6-10-12/h3-12,14,17H,13H2,1-2H3,(H,19,23)(H,20,21);11-13H,1-10H2. The minimum atomic E-state index is -2.39. The van der Waals surface area contributed by atoms with Gasteiger partial charge in [-0.1, -0.05) is 125 Å². The molecule has 2 aliphatic carbocycles. The van der Waals surface area contributed by atoms with Crippen LogP contribution in [0.25, 0.3) is 0 Å². The summed E-state index contributed by atoms with van der Waals surface area (Å²) in [6.45, 7) is 4.04. The van der Waals surface area contributed by atoms with E-state index in [9.17, 15) is 9.90 Å². The maximum absolute atomic E-state index is 11.7. The molecular formula is C30H45N2O2PS. The quantitative estimate of drug-likeness (QED) is 0.331. The van der Waals surface area contributed by atoms with Crippen molar-refractivity contribution in [2.45, 2.75) is 103 Å². The zero-order chi connectivity index (χ0) is 25.8. The Morgan fingerprint density at radius 2 is 1.25 bits per heavy atom. The number of rotatable bonds is 9. The van der Waals surface area contributed by atoms with Crippen molar-refractivity contribution in [1.29, 1.82) is 0 Å². The van der Waals surface area contributed by atoms with Crippen LogP contribution in [0, 0.1) is 5.92 Å². The molecule has 0 spiro atoms. The van der Waals surface area contributed by atoms with Crippen molar-refractivity contribution in [3.63, 3.8) is 0 Å². The number of hydrogen-bond donors (Lipinski definition) is 3. The molecule has 3 N–H and O–H groups in total. The van der Waals surface area contributed by atoms with Gasteiger partial charge in [-0.15, -0.1) is 0 Å². The lowest BCUT2D eigenvalue weighted by atomic mass is 9.91. The van der Waals surface area contributed by atoms with E-state index in [4.69, 9.17) is 11.8 Å². The maximum atomic E-state index is 11.7. The predicted molar refractivity (Wildman–Crippen MR) is 157 cm³/mol. The Morgan fingerprint density at radius 3 is 1.61 bits per heavy atom. The Kier molecular flexibility index (Phi) is 12.1. The fourth-order valence-electron chi connectivity index (χ4n) is 5.35. The molecule has 0 bridgehead atoms. The van der Waals surface area contributed by atoms with Gasteiger partial charge in [0.15, 0.2) is 0 Å². The Hall–Kier alpha value is -1.52. The van der Waals surface area contributed by atoms with Crippen molar-refractivity contribution in [1.82, 2.24) is 10.4 Å². The maximum Gasteiger partial charge on any atom is 0.321 e. The lowest BCUT2D eigenvalue weighted by Gasteiger charge is -2.30. The molecule has 2 fully saturated rings. The fourth-order valence-corrected chi connectivity index (χ4v) is 8.89. The number of carboxylic acids is 1. The van der Waals surface area contributed by atoms with E-state index in [1.165, 1.54) is 64.2 Å². The van der Waals surface area contributed by atoms with E-state index in [2.05, 4.69) is 10.4 Å². The van der Waals surface area contributed by atoms with Crippen LogP contribution in [-0.4, -0.2) is 29.2 Å². The lowest BCUT2D eigenvalue weighted by Crippen LogP contribution is -2.40. The average molecular weight is 529 g/mol. The summed E-state index contributed by atoms with van der Waals surface area (Å²) in [4.78, 5) is 11.7. The summed E-state index contributed by atoms with van der Waals surface area (Å²) < 4.78 is 0. The third-order valence-corrected chi connectivity index (χ3v) is 11.6. The van der Waals surface area contributed by atoms with Gasteiger partial charge >= 0.3 is 5.97 Å². The Labute approximate surface area is 223 Å². The summed E-state index contributed by atoms with van der Waals surface area (Å²) in [7, 11) is 0. The number of nitrogens with one attached hydrogen (secondary N) is 2. The molecule has 2 saturated carbocycles. The molecular weight excluding hydrogens is 483 g/mol. The lowest BCUT2D eigenvalue weighted by molar-refractivity contribution is -0.139. The van der Waals surface area contributed by atoms with E-state index in [0.717, 1.165) is 22.7 Å². The topological polar surface area (TPSA) is 61.4 Å². The first-order valence-corrected chi connectivity index (χ1v) is 16.7. The molecule has 4 rings (SSSR count). The SMILES string of the molecule is C1CCC(NC2CCCCC2)CC1.CC(C)CC(NP(=S)(c1ccccc1)c1ccccc1)C(=O)O. The van der Waals surface area contributed by atoms with E-state index in [-0.39, 0.29) is 5.92 Å². The highest BCUT2D eigenvalue weighted by Crippen LogP contribution is 2.40. The molecule has 1 unspecified atom stereocenters. The Bertz CT molecular complexity index is 882. The van der Waals surface area contributed by atoms with Gasteiger partial charge in [0.05, 0.1) is 6.19 Å². The van der Waals surface area contributed by atoms with E-state index < -0.39 is 18.2 Å². The molecule has 4 nitrogen and oxygen atoms in total. The minimum Gasteiger partial charge on any atom is -0.480 e. The van der Waals surface area contributed by atoms with E-state index >= 15 is 0 Å². The number of benzene rings is 2. The van der Waals surface area contributed by atoms with E-state index in [1.54, 1.807) is 0 Å². The van der Waals surface area contributed by atoms with Crippen LogP contribution in [0.15, 0.2) is 60.7 Å². The van der Waals surface area contributed by atoms with Crippen LogP contribution in [0.5, 0.6) is 0 Å². The van der Waals surface area contributed by atoms with Gasteiger partial charge in [0, 0.05) is 22.7 Å². The Balaban J connectivity index is 0.000000233. The van der Waals surface area contributed by atoms with Gasteiger partial charge < -0.3 is 10.4 Å². The van der Waals surface area contributed by atoms with Crippen molar-refractivity contribution in [2.75, 3.05) is 0 Å². The smallest absolute Gasteiger partial charge is 0.321 e. The predicted octanol–water partition coefficient (Wildman–Crippen LogP) is 6.36. The fraction of sp³-hybridized carbons (Fsp3) is 0.567. The highest BCUT2D eigenvalue weighted by molar-refractivity contribution is 8.20. The molecule has 2 aromatic rings. The molecule has 0 aliphatic heterocycles. The molecule has 36 heavy (non-hydrogen) atoms. The zero-order valence-corrected chi connectivity index (χ0v) is 23.8. The molecule has 0 saturated heterocycles. The normalized spacial score (nSPS) is 18.3. The summed E-state index contributed by atoms with van der Waals surface area (Å²) >= 11 is 6.02. The number of carbonyl (C=O) groups is 1. The van der Waals surface area contributed by atoms with Crippen LogP contribution in [0.2, 0.25) is 0 Å². The van der Waals surface area contributed by atoms with Crippen molar-refractivity contribution in [3.05, 3.63) is 60.7 Å². The number of aliphatic carboxylic acids is 1. The molecule has 2 aliphatic rings. The van der Waals surface area contributed by atoms with Gasteiger partial charge in [-0.05, 0) is 38.0 Å². The number of hydrogen-bond acceptors (Lipinski definition) is 3. The molecule has 0 radical (unpaired) electrons. The minimum absolute atomic E-state index is 0.276. The second-order valence-corrected chi connectivity index (χ2v) is 14.9. The second kappa shape index (κ2) is 15.0. The van der Waals surface area contributed by atoms with Gasteiger partial charge in [-0.2, -0.15) is 0 Å². The van der Waals surface area contributed by atoms with Crippen LogP contribution < -0.4 is 21.0 Å². The van der Waals surface area contributed by atoms with E-state index in [0.29, 0.717) is 6.42 Å². The molecule has 198 valence electrons. The van der Waals surface area contributed by atoms with Gasteiger partial charge in [-0.3, -0.25) is 9.88 Å². The van der Waals surface area contributed by atoms with E-state index in [1.807, 2.05) is 74.5 Å². The van der Waals surface area contributed by atoms with Crippen LogP contribution in [-0.2, 0) is 16.6 Å². The monoisotopic (exact) mass is 528 g/mol. The molecule has 1 atom stereocenters.